The van der Waals surface area contributed by atoms with Crippen LogP contribution in [0.4, 0.5) is 9.18 Å². The van der Waals surface area contributed by atoms with E-state index in [0.29, 0.717) is 0 Å². The summed E-state index contributed by atoms with van der Waals surface area (Å²) in [6.07, 6.45) is -0.133. The molecule has 4 N–H and O–H groups in total. The number of nitrogens with zero attached hydrogens (tertiary/aromatic N) is 1. The molecule has 11 nitrogen and oxygen atoms in total. The number of rotatable bonds is 8. The monoisotopic (exact) mass is 440 g/mol. The summed E-state index contributed by atoms with van der Waals surface area (Å²) >= 11 is 0. The molecule has 160 valence electrons. The van der Waals surface area contributed by atoms with Gasteiger partial charge in [0.25, 0.3) is 5.91 Å². The molecule has 0 fully saturated rings. The number of carbonyl (C=O) groups excluding carboxylic acids is 3. The Balaban J connectivity index is 1.85. The van der Waals surface area contributed by atoms with E-state index >= 15 is 0 Å². The zero-order valence-electron chi connectivity index (χ0n) is 15.3. The van der Waals surface area contributed by atoms with Crippen molar-refractivity contribution in [2.45, 2.75) is 0 Å². The van der Waals surface area contributed by atoms with Crippen molar-refractivity contribution in [3.63, 3.8) is 0 Å². The van der Waals surface area contributed by atoms with Gasteiger partial charge < -0.3 is 15.2 Å². The molecule has 13 heteroatoms. The molecule has 0 unspecified atom stereocenters. The van der Waals surface area contributed by atoms with Crippen LogP contribution in [0.1, 0.15) is 10.4 Å². The summed E-state index contributed by atoms with van der Waals surface area (Å²) in [5, 5.41) is 1.83. The first-order valence-electron chi connectivity index (χ1n) is 8.29. The summed E-state index contributed by atoms with van der Waals surface area (Å²) in [5.41, 5.74) is 4.91. The van der Waals surface area contributed by atoms with E-state index in [9.17, 15) is 27.2 Å². The zero-order chi connectivity index (χ0) is 22.1. The summed E-state index contributed by atoms with van der Waals surface area (Å²) < 4.78 is 48.5. The van der Waals surface area contributed by atoms with Crippen LogP contribution in [0.25, 0.3) is 0 Å². The van der Waals surface area contributed by atoms with Crippen molar-refractivity contribution >= 4 is 27.9 Å². The molecule has 0 atom stereocenters. The van der Waals surface area contributed by atoms with Gasteiger partial charge in [-0.05, 0) is 30.3 Å². The van der Waals surface area contributed by atoms with Crippen molar-refractivity contribution in [3.8, 4) is 11.6 Å². The summed E-state index contributed by atoms with van der Waals surface area (Å²) in [7, 11) is -4.02. The molecule has 1 heterocycles. The average molecular weight is 440 g/mol. The Labute approximate surface area is 170 Å². The topological polar surface area (TPSA) is 167 Å². The molecule has 0 radical (unpaired) electrons. The number of benzene rings is 1. The van der Waals surface area contributed by atoms with Crippen molar-refractivity contribution in [3.05, 3.63) is 54.0 Å². The van der Waals surface area contributed by atoms with Crippen molar-refractivity contribution in [1.82, 2.24) is 15.0 Å². The first kappa shape index (κ1) is 22.7. The molecule has 1 aromatic heterocycles. The second kappa shape index (κ2) is 10.3. The maximum Gasteiger partial charge on any atom is 0.420 e. The lowest BCUT2D eigenvalue weighted by atomic mass is 10.3. The highest BCUT2D eigenvalue weighted by molar-refractivity contribution is 7.90. The van der Waals surface area contributed by atoms with Gasteiger partial charge in [0.2, 0.25) is 21.8 Å². The predicted molar refractivity (Wildman–Crippen MR) is 101 cm³/mol. The van der Waals surface area contributed by atoms with Gasteiger partial charge in [-0.25, -0.2) is 27.3 Å². The number of aromatic nitrogens is 1. The fourth-order valence-corrected chi connectivity index (χ4v) is 2.72. The Bertz CT molecular complexity index is 1010. The number of pyridine rings is 1. The Morgan fingerprint density at radius 3 is 2.40 bits per heavy atom. The van der Waals surface area contributed by atoms with Crippen LogP contribution in [0.15, 0.2) is 42.6 Å². The van der Waals surface area contributed by atoms with E-state index in [-0.39, 0.29) is 23.8 Å². The fourth-order valence-electron chi connectivity index (χ4n) is 1.91. The van der Waals surface area contributed by atoms with Crippen molar-refractivity contribution in [2.24, 2.45) is 5.73 Å². The van der Waals surface area contributed by atoms with E-state index in [1.165, 1.54) is 18.2 Å². The smallest absolute Gasteiger partial charge is 0.420 e. The highest BCUT2D eigenvalue weighted by Gasteiger charge is 2.17. The van der Waals surface area contributed by atoms with Gasteiger partial charge in [0.15, 0.2) is 0 Å². The molecule has 0 spiro atoms. The third kappa shape index (κ3) is 7.44. The van der Waals surface area contributed by atoms with Crippen LogP contribution in [0.2, 0.25) is 0 Å². The number of nitrogens with two attached hydrogens (primary N) is 1. The van der Waals surface area contributed by atoms with Crippen LogP contribution in [-0.4, -0.2) is 50.2 Å². The average Bonchev–Trinajstić information content (AvgIpc) is 2.69. The normalized spacial score (nSPS) is 10.7. The zero-order valence-corrected chi connectivity index (χ0v) is 16.1. The van der Waals surface area contributed by atoms with Gasteiger partial charge in [0, 0.05) is 12.3 Å². The second-order valence-electron chi connectivity index (χ2n) is 5.58. The van der Waals surface area contributed by atoms with E-state index in [2.05, 4.69) is 4.98 Å². The van der Waals surface area contributed by atoms with Crippen LogP contribution >= 0.6 is 0 Å². The molecule has 30 heavy (non-hydrogen) atoms. The van der Waals surface area contributed by atoms with Crippen molar-refractivity contribution < 1.29 is 36.7 Å². The number of nitrogens with one attached hydrogen (secondary N) is 2. The molecular weight excluding hydrogens is 423 g/mol. The predicted octanol–water partition coefficient (Wildman–Crippen LogP) is -0.0670. The minimum absolute atomic E-state index is 0.121. The van der Waals surface area contributed by atoms with Gasteiger partial charge in [0.05, 0.1) is 12.1 Å². The lowest BCUT2D eigenvalue weighted by molar-refractivity contribution is -0.118. The largest absolute Gasteiger partial charge is 0.492 e. The van der Waals surface area contributed by atoms with Crippen LogP contribution in [0.5, 0.6) is 11.6 Å². The third-order valence-corrected chi connectivity index (χ3v) is 4.51. The quantitative estimate of drug-likeness (QED) is 0.509. The summed E-state index contributed by atoms with van der Waals surface area (Å²) in [6.45, 7) is -0.680. The number of imide groups is 1. The van der Waals surface area contributed by atoms with E-state index < -0.39 is 46.0 Å². The molecule has 0 saturated carbocycles. The molecular formula is C17H17FN4O7S. The Morgan fingerprint density at radius 2 is 1.80 bits per heavy atom. The van der Waals surface area contributed by atoms with E-state index in [4.69, 9.17) is 15.2 Å². The maximum atomic E-state index is 12.8. The van der Waals surface area contributed by atoms with Gasteiger partial charge in [-0.3, -0.25) is 14.9 Å². The van der Waals surface area contributed by atoms with Crippen LogP contribution in [-0.2, 0) is 14.8 Å². The van der Waals surface area contributed by atoms with Gasteiger partial charge in [-0.2, -0.15) is 0 Å². The lowest BCUT2D eigenvalue weighted by Crippen LogP contribution is -2.37. The maximum absolute atomic E-state index is 12.8. The van der Waals surface area contributed by atoms with E-state index in [1.54, 1.807) is 0 Å². The van der Waals surface area contributed by atoms with E-state index in [1.807, 2.05) is 10.0 Å². The number of carbonyl (C=O) groups is 3. The Hall–Kier alpha value is -3.58. The summed E-state index contributed by atoms with van der Waals surface area (Å²) in [5.74, 6) is -2.67. The molecule has 1 aromatic carbocycles. The van der Waals surface area contributed by atoms with Gasteiger partial charge in [-0.1, -0.05) is 0 Å². The molecule has 0 saturated heterocycles. The van der Waals surface area contributed by atoms with Crippen LogP contribution < -0.4 is 25.2 Å². The standard InChI is InChI=1S/C17H17FN4O7S/c18-12-2-4-13(5-3-12)28-7-8-30(26,27)22-16(24)11-1-6-15(20-10-11)29-17(25)21-14(23)9-19/h1-6,10H,7-9,19H2,(H,22,24)(H,21,23,25). The van der Waals surface area contributed by atoms with Crippen LogP contribution in [0.3, 0.4) is 0 Å². The summed E-state index contributed by atoms with van der Waals surface area (Å²) in [4.78, 5) is 38.1. The Kier molecular flexibility index (Phi) is 7.77. The molecule has 0 bridgehead atoms. The van der Waals surface area contributed by atoms with Gasteiger partial charge >= 0.3 is 6.09 Å². The van der Waals surface area contributed by atoms with Gasteiger partial charge in [-0.15, -0.1) is 0 Å². The number of amides is 3. The SMILES string of the molecule is NCC(=O)NC(=O)Oc1ccc(C(=O)NS(=O)(=O)CCOc2ccc(F)cc2)cn1. The minimum Gasteiger partial charge on any atom is -0.492 e. The van der Waals surface area contributed by atoms with Crippen molar-refractivity contribution in [1.29, 1.82) is 0 Å². The van der Waals surface area contributed by atoms with Gasteiger partial charge in [0.1, 0.15) is 23.9 Å². The van der Waals surface area contributed by atoms with Crippen molar-refractivity contribution in [2.75, 3.05) is 18.9 Å². The highest BCUT2D eigenvalue weighted by Crippen LogP contribution is 2.11. The minimum atomic E-state index is -4.02. The van der Waals surface area contributed by atoms with Crippen LogP contribution in [0, 0.1) is 5.82 Å². The molecule has 0 aliphatic carbocycles. The van der Waals surface area contributed by atoms with E-state index in [0.717, 1.165) is 24.4 Å². The molecule has 0 aliphatic rings. The summed E-state index contributed by atoms with van der Waals surface area (Å²) in [6, 6.07) is 7.29. The third-order valence-electron chi connectivity index (χ3n) is 3.31. The molecule has 0 aliphatic heterocycles. The molecule has 2 rings (SSSR count). The second-order valence-corrected chi connectivity index (χ2v) is 7.42. The molecule has 3 amide bonds. The fraction of sp³-hybridized carbons (Fsp3) is 0.176. The highest BCUT2D eigenvalue weighted by atomic mass is 32.2. The molecule has 2 aromatic rings. The Morgan fingerprint density at radius 1 is 1.10 bits per heavy atom. The number of halogens is 1. The first-order valence-corrected chi connectivity index (χ1v) is 9.95. The number of ether oxygens (including phenoxy) is 2. The number of sulfonamides is 1. The first-order chi connectivity index (χ1) is 14.2. The number of hydrogen-bond donors (Lipinski definition) is 3. The number of hydrogen-bond acceptors (Lipinski definition) is 9. The lowest BCUT2D eigenvalue weighted by Gasteiger charge is -2.09.